The SMILES string of the molecule is COc1cccc(N=C([O-])c2cc3ccccc3c(N=Nc3cc(C)c(S(=O)(=O)O)cc3Cl)c2[O-])c1.COc1cccc(NC(=O)c2cc3ccccc3c(N=Nc3cc(C)c(S(=O)(=O)O)cc3Cl)c2O)c1.[Ca+2]. The number of carbonyl (C=O) groups excluding carboxylic acids is 1. The molecule has 73 heavy (non-hydrogen) atoms. The molecule has 0 fully saturated rings. The number of methoxy groups -OCH3 is 2. The van der Waals surface area contributed by atoms with Crippen LogP contribution in [0.3, 0.4) is 0 Å². The minimum absolute atomic E-state index is 0. The minimum Gasteiger partial charge on any atom is -0.871 e. The van der Waals surface area contributed by atoms with E-state index < -0.39 is 43.5 Å². The Hall–Kier alpha value is -6.72. The van der Waals surface area contributed by atoms with Gasteiger partial charge in [-0.1, -0.05) is 89.6 Å². The van der Waals surface area contributed by atoms with Crippen LogP contribution >= 0.6 is 23.2 Å². The molecule has 8 aromatic carbocycles. The van der Waals surface area contributed by atoms with Gasteiger partial charge in [0.25, 0.3) is 26.1 Å². The van der Waals surface area contributed by atoms with Crippen LogP contribution in [0.5, 0.6) is 23.0 Å². The van der Waals surface area contributed by atoms with Gasteiger partial charge in [0.15, 0.2) is 5.75 Å². The zero-order valence-electron chi connectivity index (χ0n) is 38.7. The number of fused-ring (bicyclic) bond motifs is 2. The van der Waals surface area contributed by atoms with E-state index in [9.17, 15) is 46.1 Å². The van der Waals surface area contributed by atoms with Crippen molar-refractivity contribution in [3.05, 3.63) is 166 Å². The number of amides is 1. The fraction of sp³-hybridized carbons (Fsp3) is 0.0800. The molecule has 0 heterocycles. The Balaban J connectivity index is 0.000000235. The first-order chi connectivity index (χ1) is 34.2. The molecule has 0 radical (unpaired) electrons. The topological polar surface area (TPSA) is 284 Å². The average molecular weight is 1090 g/mol. The van der Waals surface area contributed by atoms with Gasteiger partial charge < -0.3 is 30.1 Å². The van der Waals surface area contributed by atoms with E-state index in [0.717, 1.165) is 12.1 Å². The molecule has 0 aromatic heterocycles. The number of azo groups is 2. The molecule has 0 aliphatic heterocycles. The van der Waals surface area contributed by atoms with E-state index in [-0.39, 0.29) is 103 Å². The average Bonchev–Trinajstić information content (AvgIpc) is 3.34. The van der Waals surface area contributed by atoms with Crippen molar-refractivity contribution in [3.63, 3.8) is 0 Å². The zero-order chi connectivity index (χ0) is 52.1. The van der Waals surface area contributed by atoms with E-state index >= 15 is 0 Å². The molecule has 0 aliphatic carbocycles. The van der Waals surface area contributed by atoms with E-state index in [1.54, 1.807) is 97.1 Å². The molecular formula is C50H38CaCl2N6O12S2. The van der Waals surface area contributed by atoms with Gasteiger partial charge in [-0.15, -0.1) is 15.3 Å². The summed E-state index contributed by atoms with van der Waals surface area (Å²) in [6.07, 6.45) is 0. The Morgan fingerprint density at radius 2 is 1.10 bits per heavy atom. The Bertz CT molecular complexity index is 3790. The minimum atomic E-state index is -4.48. The van der Waals surface area contributed by atoms with E-state index in [1.807, 2.05) is 0 Å². The van der Waals surface area contributed by atoms with Gasteiger partial charge in [0.1, 0.15) is 28.6 Å². The van der Waals surface area contributed by atoms with Gasteiger partial charge in [0, 0.05) is 28.6 Å². The first-order valence-corrected chi connectivity index (χ1v) is 24.5. The molecule has 0 saturated heterocycles. The van der Waals surface area contributed by atoms with Crippen molar-refractivity contribution in [2.45, 2.75) is 23.6 Å². The maximum Gasteiger partial charge on any atom is 2.00 e. The summed E-state index contributed by atoms with van der Waals surface area (Å²) in [4.78, 5) is 16.4. The number of ether oxygens (including phenoxy) is 2. The second kappa shape index (κ2) is 23.4. The number of nitrogens with one attached hydrogen (secondary N) is 1. The third-order valence-electron chi connectivity index (χ3n) is 10.6. The quantitative estimate of drug-likeness (QED) is 0.0292. The fourth-order valence-corrected chi connectivity index (χ4v) is 9.13. The number of rotatable bonds is 12. The van der Waals surface area contributed by atoms with Crippen molar-refractivity contribution in [2.75, 3.05) is 19.5 Å². The monoisotopic (exact) mass is 1090 g/mol. The van der Waals surface area contributed by atoms with Crippen LogP contribution in [0.2, 0.25) is 10.0 Å². The van der Waals surface area contributed by atoms with Crippen LogP contribution in [0, 0.1) is 13.8 Å². The number of aromatic hydroxyl groups is 1. The molecule has 8 rings (SSSR count). The Kier molecular flexibility index (Phi) is 17.8. The summed E-state index contributed by atoms with van der Waals surface area (Å²) in [5, 5.41) is 58.3. The summed E-state index contributed by atoms with van der Waals surface area (Å²) in [6.45, 7) is 2.92. The Labute approximate surface area is 457 Å². The second-order valence-corrected chi connectivity index (χ2v) is 19.1. The predicted octanol–water partition coefficient (Wildman–Crippen LogP) is 11.0. The van der Waals surface area contributed by atoms with Gasteiger partial charge in [0.05, 0.1) is 51.0 Å². The molecule has 23 heteroatoms. The largest absolute Gasteiger partial charge is 2.00 e. The van der Waals surface area contributed by atoms with Gasteiger partial charge in [-0.05, 0) is 108 Å². The van der Waals surface area contributed by atoms with Crippen molar-refractivity contribution in [2.24, 2.45) is 25.4 Å². The van der Waals surface area contributed by atoms with Crippen LogP contribution in [0.25, 0.3) is 21.5 Å². The van der Waals surface area contributed by atoms with Crippen molar-refractivity contribution >= 4 is 149 Å². The Morgan fingerprint density at radius 1 is 0.616 bits per heavy atom. The van der Waals surface area contributed by atoms with Gasteiger partial charge in [-0.25, -0.2) is 0 Å². The summed E-state index contributed by atoms with van der Waals surface area (Å²) in [7, 11) is -5.95. The third kappa shape index (κ3) is 13.1. The number of carbonyl (C=O) groups is 1. The molecule has 0 spiro atoms. The van der Waals surface area contributed by atoms with Crippen LogP contribution in [0.15, 0.2) is 169 Å². The standard InChI is InChI=1S/2C25H20ClN3O6S.Ca/c2*1-14-10-21(20(26)13-22(14)36(32,33)34)28-29-23-18-9-4-3-6-15(18)11-19(24(23)30)25(31)27-16-7-5-8-17(12-16)35-2;/h2*3-13,30H,1-2H3,(H,27,31)(H,32,33,34);/q;;+2/p-2. The second-order valence-electron chi connectivity index (χ2n) is 15.5. The van der Waals surface area contributed by atoms with E-state index in [2.05, 4.69) is 30.8 Å². The molecule has 18 nitrogen and oxygen atoms in total. The van der Waals surface area contributed by atoms with E-state index in [0.29, 0.717) is 44.4 Å². The van der Waals surface area contributed by atoms with Crippen molar-refractivity contribution in [3.8, 4) is 23.0 Å². The number of aliphatic imine (C=N–C) groups is 1. The summed E-state index contributed by atoms with van der Waals surface area (Å²) >= 11 is 12.3. The van der Waals surface area contributed by atoms with Gasteiger partial charge in [-0.2, -0.15) is 21.9 Å². The number of hydrogen-bond donors (Lipinski definition) is 4. The maximum atomic E-state index is 13.3. The summed E-state index contributed by atoms with van der Waals surface area (Å²) in [5.74, 6) is -1.36. The molecule has 0 bridgehead atoms. The number of halogens is 2. The number of nitrogens with zero attached hydrogens (tertiary/aromatic N) is 5. The van der Waals surface area contributed by atoms with E-state index in [4.69, 9.17) is 32.7 Å². The Morgan fingerprint density at radius 3 is 1.63 bits per heavy atom. The predicted molar refractivity (Wildman–Crippen MR) is 275 cm³/mol. The van der Waals surface area contributed by atoms with Crippen LogP contribution in [-0.2, 0) is 20.2 Å². The van der Waals surface area contributed by atoms with Crippen LogP contribution < -0.4 is 25.0 Å². The van der Waals surface area contributed by atoms with Gasteiger partial charge in [0.2, 0.25) is 0 Å². The number of benzene rings is 8. The molecule has 0 atom stereocenters. The zero-order valence-corrected chi connectivity index (χ0v) is 44.1. The molecule has 368 valence electrons. The third-order valence-corrected chi connectivity index (χ3v) is 13.2. The summed E-state index contributed by atoms with van der Waals surface area (Å²) < 4.78 is 75.1. The first-order valence-electron chi connectivity index (χ1n) is 20.9. The van der Waals surface area contributed by atoms with Crippen molar-refractivity contribution in [1.29, 1.82) is 0 Å². The molecule has 0 saturated carbocycles. The molecule has 1 amide bonds. The smallest absolute Gasteiger partial charge is 0.871 e. The van der Waals surface area contributed by atoms with Crippen LogP contribution in [0.4, 0.5) is 34.1 Å². The number of phenols is 1. The molecule has 0 unspecified atom stereocenters. The van der Waals surface area contributed by atoms with Crippen LogP contribution in [-0.4, -0.2) is 94.8 Å². The number of phenolic OH excluding ortho intramolecular Hbond substituents is 1. The summed E-state index contributed by atoms with van der Waals surface area (Å²) in [5.41, 5.74) is 1.04. The van der Waals surface area contributed by atoms with Crippen molar-refractivity contribution in [1.82, 2.24) is 0 Å². The molecule has 4 N–H and O–H groups in total. The number of anilines is 1. The van der Waals surface area contributed by atoms with Gasteiger partial charge >= 0.3 is 37.7 Å². The first kappa shape index (κ1) is 55.6. The fourth-order valence-electron chi connectivity index (χ4n) is 7.13. The summed E-state index contributed by atoms with van der Waals surface area (Å²) in [6, 6.07) is 34.9. The van der Waals surface area contributed by atoms with E-state index in [1.165, 1.54) is 52.3 Å². The maximum absolute atomic E-state index is 13.3. The molecule has 0 aliphatic rings. The van der Waals surface area contributed by atoms with Gasteiger partial charge in [-0.3, -0.25) is 18.9 Å². The van der Waals surface area contributed by atoms with Crippen molar-refractivity contribution < 1.29 is 55.5 Å². The normalized spacial score (nSPS) is 11.9. The van der Waals surface area contributed by atoms with Crippen LogP contribution in [0.1, 0.15) is 27.0 Å². The number of hydrogen-bond acceptors (Lipinski definition) is 15. The molecular weight excluding hydrogens is 1050 g/mol. The molecule has 8 aromatic rings. The number of aryl methyl sites for hydroxylation is 2.